The Labute approximate surface area is 84.9 Å². The Morgan fingerprint density at radius 3 is 3.14 bits per heavy atom. The maximum absolute atomic E-state index is 5.71. The van der Waals surface area contributed by atoms with E-state index >= 15 is 0 Å². The molecule has 0 atom stereocenters. The van der Waals surface area contributed by atoms with Crippen molar-refractivity contribution in [2.45, 2.75) is 6.10 Å². The zero-order valence-corrected chi connectivity index (χ0v) is 8.25. The number of hydrogen-bond donors (Lipinski definition) is 1. The molecule has 4 nitrogen and oxygen atoms in total. The minimum atomic E-state index is 0.271. The first-order valence-electron chi connectivity index (χ1n) is 4.49. The lowest BCUT2D eigenvalue weighted by molar-refractivity contribution is 0.138. The van der Waals surface area contributed by atoms with Gasteiger partial charge in [0.1, 0.15) is 17.3 Å². The molecule has 1 N–H and O–H groups in total. The van der Waals surface area contributed by atoms with Gasteiger partial charge in [-0.3, -0.25) is 0 Å². The molecule has 1 saturated heterocycles. The van der Waals surface area contributed by atoms with Crippen LogP contribution in [0.4, 0.5) is 0 Å². The average molecular weight is 207 g/mol. The van der Waals surface area contributed by atoms with Gasteiger partial charge in [0, 0.05) is 13.1 Å². The van der Waals surface area contributed by atoms with Crippen molar-refractivity contribution in [3.8, 4) is 5.88 Å². The largest absolute Gasteiger partial charge is 0.471 e. The standard InChI is InChI=1S/C9H9N3OS/c1-2-14-9-7(1)8(11-5-12-9)13-6-3-10-4-6/h1-2,5-6,10H,3-4H2. The minimum absolute atomic E-state index is 0.271. The van der Waals surface area contributed by atoms with Crippen LogP contribution < -0.4 is 10.1 Å². The van der Waals surface area contributed by atoms with E-state index in [0.29, 0.717) is 5.88 Å². The summed E-state index contributed by atoms with van der Waals surface area (Å²) in [6.07, 6.45) is 1.83. The number of hydrogen-bond acceptors (Lipinski definition) is 5. The summed E-state index contributed by atoms with van der Waals surface area (Å²) in [5.41, 5.74) is 0. The zero-order chi connectivity index (χ0) is 9.38. The molecule has 0 aromatic carbocycles. The van der Waals surface area contributed by atoms with Gasteiger partial charge in [-0.25, -0.2) is 9.97 Å². The molecule has 5 heteroatoms. The van der Waals surface area contributed by atoms with Gasteiger partial charge in [0.2, 0.25) is 5.88 Å². The summed E-state index contributed by atoms with van der Waals surface area (Å²) in [6.45, 7) is 1.82. The fourth-order valence-corrected chi connectivity index (χ4v) is 2.09. The van der Waals surface area contributed by atoms with Crippen molar-refractivity contribution >= 4 is 21.6 Å². The van der Waals surface area contributed by atoms with Crippen molar-refractivity contribution in [3.63, 3.8) is 0 Å². The number of aromatic nitrogens is 2. The van der Waals surface area contributed by atoms with Crippen LogP contribution in [0.25, 0.3) is 10.2 Å². The van der Waals surface area contributed by atoms with Crippen LogP contribution in [0.2, 0.25) is 0 Å². The van der Waals surface area contributed by atoms with Crippen LogP contribution in [0.3, 0.4) is 0 Å². The molecule has 0 saturated carbocycles. The van der Waals surface area contributed by atoms with E-state index in [1.54, 1.807) is 17.7 Å². The summed E-state index contributed by atoms with van der Waals surface area (Å²) in [7, 11) is 0. The Bertz CT molecular complexity index is 452. The van der Waals surface area contributed by atoms with E-state index in [9.17, 15) is 0 Å². The van der Waals surface area contributed by atoms with Crippen molar-refractivity contribution in [2.75, 3.05) is 13.1 Å². The normalized spacial score (nSPS) is 16.9. The summed E-state index contributed by atoms with van der Waals surface area (Å²) in [4.78, 5) is 9.30. The van der Waals surface area contributed by atoms with E-state index in [1.165, 1.54) is 0 Å². The van der Waals surface area contributed by atoms with Crippen LogP contribution in [0.1, 0.15) is 0 Å². The minimum Gasteiger partial charge on any atom is -0.471 e. The second kappa shape index (κ2) is 3.18. The van der Waals surface area contributed by atoms with E-state index in [1.807, 2.05) is 11.4 Å². The molecule has 1 aliphatic heterocycles. The van der Waals surface area contributed by atoms with Crippen LogP contribution in [-0.4, -0.2) is 29.2 Å². The second-order valence-electron chi connectivity index (χ2n) is 3.22. The number of nitrogens with one attached hydrogen (secondary N) is 1. The van der Waals surface area contributed by atoms with Crippen LogP contribution >= 0.6 is 11.3 Å². The Morgan fingerprint density at radius 1 is 1.43 bits per heavy atom. The van der Waals surface area contributed by atoms with Crippen molar-refractivity contribution < 1.29 is 4.74 Å². The summed E-state index contributed by atoms with van der Waals surface area (Å²) in [6, 6.07) is 2.00. The Balaban J connectivity index is 1.97. The van der Waals surface area contributed by atoms with Crippen LogP contribution in [-0.2, 0) is 0 Å². The highest BCUT2D eigenvalue weighted by Crippen LogP contribution is 2.26. The van der Waals surface area contributed by atoms with Crippen LogP contribution in [0.5, 0.6) is 5.88 Å². The van der Waals surface area contributed by atoms with Crippen molar-refractivity contribution in [1.29, 1.82) is 0 Å². The molecule has 0 unspecified atom stereocenters. The Hall–Kier alpha value is -1.20. The van der Waals surface area contributed by atoms with Crippen LogP contribution in [0, 0.1) is 0 Å². The van der Waals surface area contributed by atoms with Gasteiger partial charge in [0.15, 0.2) is 0 Å². The molecule has 3 heterocycles. The highest BCUT2D eigenvalue weighted by Gasteiger charge is 2.20. The Kier molecular flexibility index (Phi) is 1.85. The molecule has 14 heavy (non-hydrogen) atoms. The van der Waals surface area contributed by atoms with E-state index in [0.717, 1.165) is 23.3 Å². The summed E-state index contributed by atoms with van der Waals surface area (Å²) in [5.74, 6) is 0.711. The third kappa shape index (κ3) is 1.25. The average Bonchev–Trinajstić information content (AvgIpc) is 2.59. The molecule has 1 aliphatic rings. The maximum atomic E-state index is 5.71. The maximum Gasteiger partial charge on any atom is 0.225 e. The predicted molar refractivity (Wildman–Crippen MR) is 54.7 cm³/mol. The number of fused-ring (bicyclic) bond motifs is 1. The van der Waals surface area contributed by atoms with Gasteiger partial charge in [0.05, 0.1) is 5.39 Å². The van der Waals surface area contributed by atoms with Crippen molar-refractivity contribution in [3.05, 3.63) is 17.8 Å². The predicted octanol–water partition coefficient (Wildman–Crippen LogP) is 1.04. The Morgan fingerprint density at radius 2 is 2.36 bits per heavy atom. The number of ether oxygens (including phenoxy) is 1. The molecule has 0 radical (unpaired) electrons. The first kappa shape index (κ1) is 8.14. The second-order valence-corrected chi connectivity index (χ2v) is 4.11. The lowest BCUT2D eigenvalue weighted by atomic mass is 10.2. The molecular weight excluding hydrogens is 198 g/mol. The van der Waals surface area contributed by atoms with Crippen LogP contribution in [0.15, 0.2) is 17.8 Å². The molecule has 0 spiro atoms. The highest BCUT2D eigenvalue weighted by atomic mass is 32.1. The molecule has 0 aliphatic carbocycles. The topological polar surface area (TPSA) is 47.0 Å². The number of rotatable bonds is 2. The molecule has 72 valence electrons. The third-order valence-corrected chi connectivity index (χ3v) is 3.07. The zero-order valence-electron chi connectivity index (χ0n) is 7.43. The fraction of sp³-hybridized carbons (Fsp3) is 0.333. The van der Waals surface area contributed by atoms with Gasteiger partial charge in [-0.15, -0.1) is 11.3 Å². The number of nitrogens with zero attached hydrogens (tertiary/aromatic N) is 2. The number of thiophene rings is 1. The molecule has 0 bridgehead atoms. The highest BCUT2D eigenvalue weighted by molar-refractivity contribution is 7.16. The van der Waals surface area contributed by atoms with Crippen molar-refractivity contribution in [2.24, 2.45) is 0 Å². The molecule has 2 aromatic heterocycles. The molecular formula is C9H9N3OS. The molecule has 3 rings (SSSR count). The summed E-state index contributed by atoms with van der Waals surface area (Å²) >= 11 is 1.61. The smallest absolute Gasteiger partial charge is 0.225 e. The first-order chi connectivity index (χ1) is 6.93. The molecule has 2 aromatic rings. The lowest BCUT2D eigenvalue weighted by Crippen LogP contribution is -2.50. The van der Waals surface area contributed by atoms with Crippen molar-refractivity contribution in [1.82, 2.24) is 15.3 Å². The first-order valence-corrected chi connectivity index (χ1v) is 5.37. The monoisotopic (exact) mass is 207 g/mol. The van der Waals surface area contributed by atoms with E-state index in [-0.39, 0.29) is 6.10 Å². The third-order valence-electron chi connectivity index (χ3n) is 2.25. The van der Waals surface area contributed by atoms with Gasteiger partial charge >= 0.3 is 0 Å². The lowest BCUT2D eigenvalue weighted by Gasteiger charge is -2.27. The fourth-order valence-electron chi connectivity index (χ4n) is 1.36. The molecule has 0 amide bonds. The van der Waals surface area contributed by atoms with Gasteiger partial charge in [0.25, 0.3) is 0 Å². The van der Waals surface area contributed by atoms with Gasteiger partial charge in [-0.2, -0.15) is 0 Å². The van der Waals surface area contributed by atoms with Gasteiger partial charge in [-0.05, 0) is 11.4 Å². The van der Waals surface area contributed by atoms with Gasteiger partial charge < -0.3 is 10.1 Å². The molecule has 1 fully saturated rings. The van der Waals surface area contributed by atoms with Gasteiger partial charge in [-0.1, -0.05) is 0 Å². The summed E-state index contributed by atoms with van der Waals surface area (Å²) in [5, 5.41) is 6.18. The van der Waals surface area contributed by atoms with E-state index in [2.05, 4.69) is 15.3 Å². The summed E-state index contributed by atoms with van der Waals surface area (Å²) < 4.78 is 5.71. The van der Waals surface area contributed by atoms with E-state index < -0.39 is 0 Å². The SMILES string of the molecule is c1nc(OC2CNC2)c2ccsc2n1. The van der Waals surface area contributed by atoms with E-state index in [4.69, 9.17) is 4.74 Å². The quantitative estimate of drug-likeness (QED) is 0.799.